The number of amides is 1. The number of pyridine rings is 1. The second-order valence-electron chi connectivity index (χ2n) is 2.48. The zero-order valence-corrected chi connectivity index (χ0v) is 7.17. The number of nitrogens with one attached hydrogen (secondary N) is 1. The zero-order valence-electron chi connectivity index (χ0n) is 7.17. The molecule has 0 fully saturated rings. The van der Waals surface area contributed by atoms with E-state index in [1.165, 1.54) is 6.07 Å². The normalized spacial score (nSPS) is 9.38. The number of nitrogens with zero attached hydrogens (tertiary/aromatic N) is 1. The SMILES string of the molecule is C=CC(=O)Nc1cc(F)cnc1C. The van der Waals surface area contributed by atoms with Crippen molar-refractivity contribution in [2.75, 3.05) is 5.32 Å². The highest BCUT2D eigenvalue weighted by molar-refractivity contribution is 5.99. The van der Waals surface area contributed by atoms with Gasteiger partial charge in [0.15, 0.2) is 0 Å². The van der Waals surface area contributed by atoms with Crippen LogP contribution in [0.25, 0.3) is 0 Å². The smallest absolute Gasteiger partial charge is 0.247 e. The van der Waals surface area contributed by atoms with Crippen LogP contribution in [0.3, 0.4) is 0 Å². The van der Waals surface area contributed by atoms with E-state index in [-0.39, 0.29) is 5.91 Å². The molecule has 68 valence electrons. The van der Waals surface area contributed by atoms with Gasteiger partial charge in [-0.3, -0.25) is 9.78 Å². The molecule has 0 atom stereocenters. The lowest BCUT2D eigenvalue weighted by Gasteiger charge is -2.04. The number of rotatable bonds is 2. The van der Waals surface area contributed by atoms with Crippen LogP contribution in [0, 0.1) is 12.7 Å². The van der Waals surface area contributed by atoms with Crippen LogP contribution in [0.5, 0.6) is 0 Å². The Hall–Kier alpha value is -1.71. The minimum absolute atomic E-state index is 0.366. The Bertz CT molecular complexity index is 349. The van der Waals surface area contributed by atoms with Crippen LogP contribution >= 0.6 is 0 Å². The summed E-state index contributed by atoms with van der Waals surface area (Å²) < 4.78 is 12.7. The van der Waals surface area contributed by atoms with Crippen LogP contribution in [-0.4, -0.2) is 10.9 Å². The third-order valence-electron chi connectivity index (χ3n) is 1.50. The van der Waals surface area contributed by atoms with Gasteiger partial charge in [-0.1, -0.05) is 6.58 Å². The third-order valence-corrected chi connectivity index (χ3v) is 1.50. The fourth-order valence-electron chi connectivity index (χ4n) is 0.818. The van der Waals surface area contributed by atoms with E-state index in [1.54, 1.807) is 6.92 Å². The second-order valence-corrected chi connectivity index (χ2v) is 2.48. The lowest BCUT2D eigenvalue weighted by Crippen LogP contribution is -2.09. The Morgan fingerprint density at radius 3 is 3.08 bits per heavy atom. The average Bonchev–Trinajstić information content (AvgIpc) is 2.11. The lowest BCUT2D eigenvalue weighted by molar-refractivity contribution is -0.111. The van der Waals surface area contributed by atoms with Gasteiger partial charge in [0.05, 0.1) is 17.6 Å². The Morgan fingerprint density at radius 2 is 2.46 bits per heavy atom. The van der Waals surface area contributed by atoms with Crippen molar-refractivity contribution in [3.05, 3.63) is 36.4 Å². The summed E-state index contributed by atoms with van der Waals surface area (Å²) in [6.45, 7) is 4.96. The average molecular weight is 180 g/mol. The van der Waals surface area contributed by atoms with Crippen molar-refractivity contribution in [3.63, 3.8) is 0 Å². The Labute approximate surface area is 75.3 Å². The van der Waals surface area contributed by atoms with Gasteiger partial charge in [-0.2, -0.15) is 0 Å². The van der Waals surface area contributed by atoms with Gasteiger partial charge in [-0.25, -0.2) is 4.39 Å². The van der Waals surface area contributed by atoms with Crippen molar-refractivity contribution in [3.8, 4) is 0 Å². The maximum atomic E-state index is 12.7. The van der Waals surface area contributed by atoms with E-state index >= 15 is 0 Å². The Kier molecular flexibility index (Phi) is 2.74. The maximum absolute atomic E-state index is 12.7. The van der Waals surface area contributed by atoms with E-state index in [2.05, 4.69) is 16.9 Å². The molecule has 1 N–H and O–H groups in total. The first-order chi connectivity index (χ1) is 6.13. The first-order valence-corrected chi connectivity index (χ1v) is 3.69. The molecule has 1 amide bonds. The van der Waals surface area contributed by atoms with Crippen molar-refractivity contribution in [1.82, 2.24) is 4.98 Å². The number of hydrogen-bond donors (Lipinski definition) is 1. The summed E-state index contributed by atoms with van der Waals surface area (Å²) >= 11 is 0. The van der Waals surface area contributed by atoms with Crippen LogP contribution in [0.4, 0.5) is 10.1 Å². The predicted octanol–water partition coefficient (Wildman–Crippen LogP) is 1.65. The first kappa shape index (κ1) is 9.38. The summed E-state index contributed by atoms with van der Waals surface area (Å²) in [6, 6.07) is 1.21. The molecule has 0 aliphatic rings. The number of aromatic nitrogens is 1. The van der Waals surface area contributed by atoms with Crippen molar-refractivity contribution in [2.24, 2.45) is 0 Å². The number of aryl methyl sites for hydroxylation is 1. The predicted molar refractivity (Wildman–Crippen MR) is 47.8 cm³/mol. The van der Waals surface area contributed by atoms with Crippen LogP contribution in [0.2, 0.25) is 0 Å². The van der Waals surface area contributed by atoms with Gasteiger partial charge in [0, 0.05) is 6.07 Å². The minimum Gasteiger partial charge on any atom is -0.321 e. The van der Waals surface area contributed by atoms with E-state index in [0.717, 1.165) is 12.3 Å². The Morgan fingerprint density at radius 1 is 1.77 bits per heavy atom. The highest BCUT2D eigenvalue weighted by Crippen LogP contribution is 2.12. The zero-order chi connectivity index (χ0) is 9.84. The van der Waals surface area contributed by atoms with Crippen molar-refractivity contribution < 1.29 is 9.18 Å². The van der Waals surface area contributed by atoms with E-state index < -0.39 is 5.82 Å². The van der Waals surface area contributed by atoms with Crippen LogP contribution < -0.4 is 5.32 Å². The number of carbonyl (C=O) groups is 1. The molecule has 4 heteroatoms. The molecule has 1 aromatic heterocycles. The van der Waals surface area contributed by atoms with Gasteiger partial charge in [-0.05, 0) is 13.0 Å². The standard InChI is InChI=1S/C9H9FN2O/c1-3-9(13)12-8-4-7(10)5-11-6(8)2/h3-5H,1H2,2H3,(H,12,13). The summed E-state index contributed by atoms with van der Waals surface area (Å²) in [5.41, 5.74) is 0.932. The monoisotopic (exact) mass is 180 g/mol. The third kappa shape index (κ3) is 2.37. The summed E-state index contributed by atoms with van der Waals surface area (Å²) in [4.78, 5) is 14.6. The van der Waals surface area contributed by atoms with Gasteiger partial charge in [-0.15, -0.1) is 0 Å². The van der Waals surface area contributed by atoms with Crippen molar-refractivity contribution in [2.45, 2.75) is 6.92 Å². The molecule has 0 aromatic carbocycles. The number of halogens is 1. The molecular weight excluding hydrogens is 171 g/mol. The molecular formula is C9H9FN2O. The fraction of sp³-hybridized carbons (Fsp3) is 0.111. The van der Waals surface area contributed by atoms with Gasteiger partial charge >= 0.3 is 0 Å². The molecule has 0 spiro atoms. The van der Waals surface area contributed by atoms with E-state index in [4.69, 9.17) is 0 Å². The maximum Gasteiger partial charge on any atom is 0.247 e. The fourth-order valence-corrected chi connectivity index (χ4v) is 0.818. The summed E-state index contributed by atoms with van der Waals surface area (Å²) in [6.07, 6.45) is 2.21. The van der Waals surface area contributed by atoms with Crippen LogP contribution in [-0.2, 0) is 4.79 Å². The molecule has 0 saturated carbocycles. The van der Waals surface area contributed by atoms with Gasteiger partial charge in [0.1, 0.15) is 5.82 Å². The van der Waals surface area contributed by atoms with Crippen molar-refractivity contribution >= 4 is 11.6 Å². The molecule has 1 rings (SSSR count). The molecule has 1 aromatic rings. The van der Waals surface area contributed by atoms with Gasteiger partial charge < -0.3 is 5.32 Å². The molecule has 0 aliphatic carbocycles. The largest absolute Gasteiger partial charge is 0.321 e. The highest BCUT2D eigenvalue weighted by atomic mass is 19.1. The number of carbonyl (C=O) groups excluding carboxylic acids is 1. The Balaban J connectivity index is 2.93. The molecule has 0 aliphatic heterocycles. The molecule has 0 radical (unpaired) electrons. The van der Waals surface area contributed by atoms with Crippen molar-refractivity contribution in [1.29, 1.82) is 0 Å². The molecule has 0 saturated heterocycles. The molecule has 0 unspecified atom stereocenters. The second kappa shape index (κ2) is 3.80. The van der Waals surface area contributed by atoms with Crippen LogP contribution in [0.1, 0.15) is 5.69 Å². The van der Waals surface area contributed by atoms with Gasteiger partial charge in [0.25, 0.3) is 0 Å². The quantitative estimate of drug-likeness (QED) is 0.703. The minimum atomic E-state index is -0.482. The lowest BCUT2D eigenvalue weighted by atomic mass is 10.3. The highest BCUT2D eigenvalue weighted by Gasteiger charge is 2.03. The number of hydrogen-bond acceptors (Lipinski definition) is 2. The number of anilines is 1. The van der Waals surface area contributed by atoms with E-state index in [1.807, 2.05) is 0 Å². The topological polar surface area (TPSA) is 42.0 Å². The summed E-state index contributed by atoms with van der Waals surface area (Å²) in [7, 11) is 0. The summed E-state index contributed by atoms with van der Waals surface area (Å²) in [5, 5.41) is 2.44. The first-order valence-electron chi connectivity index (χ1n) is 3.69. The summed E-state index contributed by atoms with van der Waals surface area (Å²) in [5.74, 6) is -0.861. The van der Waals surface area contributed by atoms with E-state index in [0.29, 0.717) is 11.4 Å². The van der Waals surface area contributed by atoms with E-state index in [9.17, 15) is 9.18 Å². The van der Waals surface area contributed by atoms with Crippen LogP contribution in [0.15, 0.2) is 24.9 Å². The molecule has 3 nitrogen and oxygen atoms in total. The molecule has 13 heavy (non-hydrogen) atoms. The van der Waals surface area contributed by atoms with Gasteiger partial charge in [0.2, 0.25) is 5.91 Å². The molecule has 1 heterocycles. The molecule has 0 bridgehead atoms.